The summed E-state index contributed by atoms with van der Waals surface area (Å²) in [7, 11) is 0. The van der Waals surface area contributed by atoms with E-state index in [2.05, 4.69) is 19.2 Å². The Labute approximate surface area is 122 Å². The van der Waals surface area contributed by atoms with Crippen LogP contribution < -0.4 is 5.32 Å². The quantitative estimate of drug-likeness (QED) is 0.862. The molecule has 2 amide bonds. The zero-order valence-corrected chi connectivity index (χ0v) is 13.2. The van der Waals surface area contributed by atoms with Crippen LogP contribution in [0.4, 0.5) is 0 Å². The molecule has 20 heavy (non-hydrogen) atoms. The highest BCUT2D eigenvalue weighted by Gasteiger charge is 2.43. The number of amides is 2. The fourth-order valence-corrected chi connectivity index (χ4v) is 3.59. The van der Waals surface area contributed by atoms with E-state index in [-0.39, 0.29) is 35.9 Å². The van der Waals surface area contributed by atoms with Crippen molar-refractivity contribution in [2.24, 2.45) is 11.8 Å². The van der Waals surface area contributed by atoms with Crippen LogP contribution in [0.25, 0.3) is 0 Å². The van der Waals surface area contributed by atoms with Gasteiger partial charge in [0.2, 0.25) is 11.8 Å². The van der Waals surface area contributed by atoms with E-state index in [9.17, 15) is 9.59 Å². The van der Waals surface area contributed by atoms with Crippen molar-refractivity contribution in [2.45, 2.75) is 77.9 Å². The van der Waals surface area contributed by atoms with Gasteiger partial charge in [-0.2, -0.15) is 0 Å². The van der Waals surface area contributed by atoms with Gasteiger partial charge in [-0.25, -0.2) is 0 Å². The minimum Gasteiger partial charge on any atom is -0.342 e. The molecular formula is C16H28N2O2. The first-order chi connectivity index (χ1) is 9.45. The summed E-state index contributed by atoms with van der Waals surface area (Å²) in [5.74, 6) is 0.988. The highest BCUT2D eigenvalue weighted by atomic mass is 16.2. The Morgan fingerprint density at radius 1 is 1.30 bits per heavy atom. The summed E-state index contributed by atoms with van der Waals surface area (Å²) in [4.78, 5) is 26.9. The largest absolute Gasteiger partial charge is 0.342 e. The second-order valence-corrected chi connectivity index (χ2v) is 6.72. The van der Waals surface area contributed by atoms with Crippen molar-refractivity contribution in [3.8, 4) is 0 Å². The molecule has 5 atom stereocenters. The number of hydrogen-bond donors (Lipinski definition) is 1. The van der Waals surface area contributed by atoms with Gasteiger partial charge in [0.1, 0.15) is 12.1 Å². The molecule has 5 unspecified atom stereocenters. The molecule has 2 fully saturated rings. The standard InChI is InChI=1S/C16H28N2O2/c1-5-11(3)14-16(20)18(12(4)15(19)17-14)13-8-6-7-10(2)9-13/h10-14H,5-9H2,1-4H3,(H,17,19). The third-order valence-electron chi connectivity index (χ3n) is 5.13. The average molecular weight is 280 g/mol. The monoisotopic (exact) mass is 280 g/mol. The van der Waals surface area contributed by atoms with Crippen molar-refractivity contribution in [3.05, 3.63) is 0 Å². The zero-order valence-electron chi connectivity index (χ0n) is 13.2. The number of piperazine rings is 1. The van der Waals surface area contributed by atoms with Gasteiger partial charge in [0.05, 0.1) is 0 Å². The molecule has 114 valence electrons. The molecule has 1 aliphatic heterocycles. The van der Waals surface area contributed by atoms with E-state index in [1.165, 1.54) is 6.42 Å². The Hall–Kier alpha value is -1.06. The van der Waals surface area contributed by atoms with Crippen LogP contribution >= 0.6 is 0 Å². The molecule has 0 aromatic rings. The Morgan fingerprint density at radius 2 is 2.00 bits per heavy atom. The van der Waals surface area contributed by atoms with Gasteiger partial charge < -0.3 is 10.2 Å². The van der Waals surface area contributed by atoms with E-state index in [0.717, 1.165) is 25.7 Å². The summed E-state index contributed by atoms with van der Waals surface area (Å²) in [5, 5.41) is 2.92. The molecule has 2 rings (SSSR count). The zero-order chi connectivity index (χ0) is 14.9. The van der Waals surface area contributed by atoms with Crippen molar-refractivity contribution in [1.82, 2.24) is 10.2 Å². The van der Waals surface area contributed by atoms with Crippen LogP contribution in [-0.2, 0) is 9.59 Å². The molecule has 4 heteroatoms. The molecule has 1 heterocycles. The maximum Gasteiger partial charge on any atom is 0.246 e. The molecule has 0 aromatic heterocycles. The van der Waals surface area contributed by atoms with Gasteiger partial charge in [-0.05, 0) is 31.6 Å². The Morgan fingerprint density at radius 3 is 2.60 bits per heavy atom. The normalized spacial score (nSPS) is 36.7. The van der Waals surface area contributed by atoms with Crippen LogP contribution in [-0.4, -0.2) is 34.8 Å². The van der Waals surface area contributed by atoms with Crippen LogP contribution in [0.3, 0.4) is 0 Å². The number of hydrogen-bond acceptors (Lipinski definition) is 2. The lowest BCUT2D eigenvalue weighted by atomic mass is 9.84. The van der Waals surface area contributed by atoms with Gasteiger partial charge >= 0.3 is 0 Å². The molecule has 1 saturated carbocycles. The van der Waals surface area contributed by atoms with Crippen molar-refractivity contribution < 1.29 is 9.59 Å². The van der Waals surface area contributed by atoms with Crippen molar-refractivity contribution >= 4 is 11.8 Å². The Kier molecular flexibility index (Phi) is 4.71. The molecule has 1 N–H and O–H groups in total. The summed E-state index contributed by atoms with van der Waals surface area (Å²) in [6, 6.07) is -0.405. The highest BCUT2D eigenvalue weighted by molar-refractivity contribution is 5.97. The van der Waals surface area contributed by atoms with Crippen molar-refractivity contribution in [3.63, 3.8) is 0 Å². The molecule has 0 spiro atoms. The first-order valence-corrected chi connectivity index (χ1v) is 8.08. The van der Waals surface area contributed by atoms with E-state index in [0.29, 0.717) is 5.92 Å². The van der Waals surface area contributed by atoms with E-state index in [1.807, 2.05) is 18.7 Å². The fourth-order valence-electron chi connectivity index (χ4n) is 3.59. The summed E-state index contributed by atoms with van der Waals surface area (Å²) in [5.41, 5.74) is 0. The molecule has 1 aliphatic carbocycles. The first kappa shape index (κ1) is 15.3. The Bertz CT molecular complexity index is 383. The number of carbonyl (C=O) groups is 2. The lowest BCUT2D eigenvalue weighted by Gasteiger charge is -2.45. The lowest BCUT2D eigenvalue weighted by Crippen LogP contribution is -2.66. The predicted molar refractivity (Wildman–Crippen MR) is 79.1 cm³/mol. The SMILES string of the molecule is CCC(C)C1NC(=O)C(C)N(C2CCCC(C)C2)C1=O. The smallest absolute Gasteiger partial charge is 0.246 e. The van der Waals surface area contributed by atoms with Gasteiger partial charge in [0.15, 0.2) is 0 Å². The number of nitrogens with zero attached hydrogens (tertiary/aromatic N) is 1. The van der Waals surface area contributed by atoms with E-state index in [1.54, 1.807) is 0 Å². The third-order valence-corrected chi connectivity index (χ3v) is 5.13. The summed E-state index contributed by atoms with van der Waals surface area (Å²) < 4.78 is 0. The molecule has 2 aliphatic rings. The maximum absolute atomic E-state index is 12.8. The van der Waals surface area contributed by atoms with E-state index in [4.69, 9.17) is 0 Å². The van der Waals surface area contributed by atoms with Crippen molar-refractivity contribution in [1.29, 1.82) is 0 Å². The fraction of sp³-hybridized carbons (Fsp3) is 0.875. The van der Waals surface area contributed by atoms with Crippen LogP contribution in [0.1, 0.15) is 59.8 Å². The first-order valence-electron chi connectivity index (χ1n) is 8.08. The number of nitrogens with one attached hydrogen (secondary N) is 1. The van der Waals surface area contributed by atoms with E-state index < -0.39 is 0 Å². The maximum atomic E-state index is 12.8. The minimum atomic E-state index is -0.332. The van der Waals surface area contributed by atoms with Gasteiger partial charge in [-0.3, -0.25) is 9.59 Å². The third kappa shape index (κ3) is 2.84. The van der Waals surface area contributed by atoms with Gasteiger partial charge in [0.25, 0.3) is 0 Å². The Balaban J connectivity index is 2.19. The number of rotatable bonds is 3. The minimum absolute atomic E-state index is 0.00752. The second-order valence-electron chi connectivity index (χ2n) is 6.72. The van der Waals surface area contributed by atoms with Gasteiger partial charge in [-0.15, -0.1) is 0 Å². The predicted octanol–water partition coefficient (Wildman–Crippen LogP) is 2.33. The highest BCUT2D eigenvalue weighted by Crippen LogP contribution is 2.31. The molecule has 0 aromatic carbocycles. The van der Waals surface area contributed by atoms with E-state index >= 15 is 0 Å². The molecule has 4 nitrogen and oxygen atoms in total. The number of carbonyl (C=O) groups excluding carboxylic acids is 2. The van der Waals surface area contributed by atoms with Crippen LogP contribution in [0, 0.1) is 11.8 Å². The van der Waals surface area contributed by atoms with Crippen LogP contribution in [0.15, 0.2) is 0 Å². The van der Waals surface area contributed by atoms with Crippen molar-refractivity contribution in [2.75, 3.05) is 0 Å². The van der Waals surface area contributed by atoms with Crippen LogP contribution in [0.2, 0.25) is 0 Å². The average Bonchev–Trinajstić information content (AvgIpc) is 2.42. The molecule has 1 saturated heterocycles. The lowest BCUT2D eigenvalue weighted by molar-refractivity contribution is -0.154. The topological polar surface area (TPSA) is 49.4 Å². The van der Waals surface area contributed by atoms with Crippen LogP contribution in [0.5, 0.6) is 0 Å². The molecular weight excluding hydrogens is 252 g/mol. The summed E-state index contributed by atoms with van der Waals surface area (Å²) >= 11 is 0. The second kappa shape index (κ2) is 6.15. The van der Waals surface area contributed by atoms with Gasteiger partial charge in [-0.1, -0.05) is 40.0 Å². The molecule has 0 bridgehead atoms. The summed E-state index contributed by atoms with van der Waals surface area (Å²) in [6.45, 7) is 8.21. The molecule has 0 radical (unpaired) electrons. The van der Waals surface area contributed by atoms with Gasteiger partial charge in [0, 0.05) is 6.04 Å². The summed E-state index contributed by atoms with van der Waals surface area (Å²) in [6.07, 6.45) is 5.39.